The first kappa shape index (κ1) is 31.1. The molecule has 2 amide bonds. The number of rotatable bonds is 8. The summed E-state index contributed by atoms with van der Waals surface area (Å²) in [6.07, 6.45) is 1.89. The maximum absolute atomic E-state index is 14.0. The summed E-state index contributed by atoms with van der Waals surface area (Å²) in [5, 5.41) is 13.8. The van der Waals surface area contributed by atoms with Gasteiger partial charge in [-0.15, -0.1) is 0 Å². The van der Waals surface area contributed by atoms with Gasteiger partial charge in [-0.1, -0.05) is 43.3 Å². The Bertz CT molecular complexity index is 1740. The maximum atomic E-state index is 14.0. The zero-order chi connectivity index (χ0) is 32.2. The Morgan fingerprint density at radius 3 is 2.74 bits per heavy atom. The predicted octanol–water partition coefficient (Wildman–Crippen LogP) is 3.31. The lowest BCUT2D eigenvalue weighted by Gasteiger charge is -2.40. The third-order valence-electron chi connectivity index (χ3n) is 8.34. The summed E-state index contributed by atoms with van der Waals surface area (Å²) < 4.78 is 10.7. The molecule has 2 aliphatic rings. The van der Waals surface area contributed by atoms with E-state index in [1.807, 2.05) is 43.3 Å². The van der Waals surface area contributed by atoms with Gasteiger partial charge < -0.3 is 30.1 Å². The molecule has 2 fully saturated rings. The van der Waals surface area contributed by atoms with Crippen molar-refractivity contribution in [2.24, 2.45) is 11.7 Å². The maximum Gasteiger partial charge on any atom is 0.412 e. The highest BCUT2D eigenvalue weighted by Crippen LogP contribution is 2.30. The van der Waals surface area contributed by atoms with E-state index in [-0.39, 0.29) is 48.6 Å². The van der Waals surface area contributed by atoms with Crippen LogP contribution in [0.2, 0.25) is 0 Å². The average molecular weight is 625 g/mol. The highest BCUT2D eigenvalue weighted by molar-refractivity contribution is 6.06. The first-order valence-electron chi connectivity index (χ1n) is 15.2. The van der Waals surface area contributed by atoms with Crippen molar-refractivity contribution in [2.75, 3.05) is 48.0 Å². The molecule has 0 bridgehead atoms. The number of ketones is 1. The number of morpholine rings is 1. The Balaban J connectivity index is 1.31. The zero-order valence-electron chi connectivity index (χ0n) is 25.5. The minimum Gasteiger partial charge on any atom is -0.444 e. The van der Waals surface area contributed by atoms with E-state index in [0.29, 0.717) is 48.4 Å². The van der Waals surface area contributed by atoms with E-state index in [9.17, 15) is 19.5 Å². The van der Waals surface area contributed by atoms with Crippen molar-refractivity contribution in [3.8, 4) is 0 Å². The molecule has 4 N–H and O–H groups in total. The molecule has 4 heterocycles. The summed E-state index contributed by atoms with van der Waals surface area (Å²) in [6.45, 7) is 3.81. The van der Waals surface area contributed by atoms with E-state index in [4.69, 9.17) is 20.2 Å². The molecule has 2 aliphatic heterocycles. The number of carbonyl (C=O) groups excluding carboxylic acids is 3. The van der Waals surface area contributed by atoms with Gasteiger partial charge in [-0.05, 0) is 29.8 Å². The first-order chi connectivity index (χ1) is 22.3. The number of hydrogen-bond donors (Lipinski definition) is 3. The lowest BCUT2D eigenvalue weighted by Crippen LogP contribution is -2.55. The van der Waals surface area contributed by atoms with Crippen LogP contribution in [0.4, 0.5) is 21.9 Å². The van der Waals surface area contributed by atoms with Crippen LogP contribution in [-0.4, -0.2) is 77.9 Å². The Hall–Kier alpha value is -4.91. The van der Waals surface area contributed by atoms with Gasteiger partial charge in [-0.25, -0.2) is 9.78 Å². The Morgan fingerprint density at radius 2 is 1.96 bits per heavy atom. The molecule has 6 rings (SSSR count). The summed E-state index contributed by atoms with van der Waals surface area (Å²) >= 11 is 0. The fourth-order valence-corrected chi connectivity index (χ4v) is 5.92. The second kappa shape index (κ2) is 13.6. The van der Waals surface area contributed by atoms with Gasteiger partial charge in [-0.3, -0.25) is 19.9 Å². The number of Topliss-reactive ketones (excluding diaryl/α,β-unsaturated/α-hetero) is 1. The van der Waals surface area contributed by atoms with Gasteiger partial charge in [0.1, 0.15) is 18.9 Å². The van der Waals surface area contributed by atoms with Gasteiger partial charge in [0.2, 0.25) is 0 Å². The third-order valence-corrected chi connectivity index (χ3v) is 8.34. The van der Waals surface area contributed by atoms with Gasteiger partial charge >= 0.3 is 6.09 Å². The third kappa shape index (κ3) is 6.84. The Morgan fingerprint density at radius 1 is 1.13 bits per heavy atom. The molecular weight excluding hydrogens is 588 g/mol. The van der Waals surface area contributed by atoms with Crippen molar-refractivity contribution in [2.45, 2.75) is 32.1 Å². The van der Waals surface area contributed by atoms with Crippen LogP contribution in [0.15, 0.2) is 73.1 Å². The molecule has 0 radical (unpaired) electrons. The lowest BCUT2D eigenvalue weighted by molar-refractivity contribution is -0.125. The van der Waals surface area contributed by atoms with E-state index >= 15 is 0 Å². The molecule has 3 atom stereocenters. The first-order valence-corrected chi connectivity index (χ1v) is 15.2. The monoisotopic (exact) mass is 624 g/mol. The van der Waals surface area contributed by atoms with Crippen LogP contribution < -0.4 is 20.9 Å². The Kier molecular flexibility index (Phi) is 9.20. The highest BCUT2D eigenvalue weighted by atomic mass is 16.5. The molecule has 0 aliphatic carbocycles. The second-order valence-corrected chi connectivity index (χ2v) is 11.7. The SMILES string of the molecule is C[C@H]1CN(c2ccncc2CC(=O)c2nc3cc(N4CCOCC4=O)ccc3cc2NC(=O)OCc2ccccc2)C[C@@H](N)[C@@H]1O. The number of benzene rings is 2. The van der Waals surface area contributed by atoms with Crippen LogP contribution in [0.3, 0.4) is 0 Å². The van der Waals surface area contributed by atoms with E-state index in [2.05, 4.69) is 15.2 Å². The molecule has 238 valence electrons. The van der Waals surface area contributed by atoms with Crippen LogP contribution in [-0.2, 0) is 27.3 Å². The highest BCUT2D eigenvalue weighted by Gasteiger charge is 2.32. The molecule has 12 nitrogen and oxygen atoms in total. The number of fused-ring (bicyclic) bond motifs is 1. The second-order valence-electron chi connectivity index (χ2n) is 11.7. The molecule has 2 aromatic heterocycles. The van der Waals surface area contributed by atoms with Crippen molar-refractivity contribution in [3.63, 3.8) is 0 Å². The van der Waals surface area contributed by atoms with E-state index < -0.39 is 18.2 Å². The minimum atomic E-state index is -0.730. The van der Waals surface area contributed by atoms with Crippen LogP contribution in [0.1, 0.15) is 28.5 Å². The summed E-state index contributed by atoms with van der Waals surface area (Å²) in [4.78, 5) is 52.2. The van der Waals surface area contributed by atoms with Crippen LogP contribution >= 0.6 is 0 Å². The normalized spacial score (nSPS) is 20.1. The van der Waals surface area contributed by atoms with Gasteiger partial charge in [0.05, 0.1) is 23.9 Å². The summed E-state index contributed by atoms with van der Waals surface area (Å²) in [5.74, 6) is -0.575. The number of nitrogens with two attached hydrogens (primary N) is 1. The molecule has 0 spiro atoms. The standard InChI is InChI=1S/C34H36N6O6/c1-21-17-39(18-26(35)33(21)43)29-9-10-36-16-24(29)14-30(41)32-28(38-34(44)46-19-22-5-3-2-4-6-22)13-23-7-8-25(15-27(23)37-32)40-11-12-45-20-31(40)42/h2-10,13,15-16,21,26,33,43H,11-12,14,17-20,35H2,1H3,(H,38,44)/t21-,26+,33+/m0/s1. The smallest absolute Gasteiger partial charge is 0.412 e. The largest absolute Gasteiger partial charge is 0.444 e. The fourth-order valence-electron chi connectivity index (χ4n) is 5.92. The molecule has 2 aromatic carbocycles. The fraction of sp³-hybridized carbons (Fsp3) is 0.324. The van der Waals surface area contributed by atoms with Crippen molar-refractivity contribution in [1.29, 1.82) is 0 Å². The number of aromatic nitrogens is 2. The zero-order valence-corrected chi connectivity index (χ0v) is 25.5. The predicted molar refractivity (Wildman–Crippen MR) is 173 cm³/mol. The van der Waals surface area contributed by atoms with E-state index in [0.717, 1.165) is 11.3 Å². The van der Waals surface area contributed by atoms with Gasteiger partial charge in [0, 0.05) is 72.7 Å². The molecule has 2 saturated heterocycles. The molecule has 0 saturated carbocycles. The van der Waals surface area contributed by atoms with Gasteiger partial charge in [0.15, 0.2) is 5.78 Å². The van der Waals surface area contributed by atoms with Crippen molar-refractivity contribution in [3.05, 3.63) is 89.9 Å². The number of aliphatic hydroxyl groups is 1. The van der Waals surface area contributed by atoms with Crippen LogP contribution in [0.25, 0.3) is 10.9 Å². The molecule has 0 unspecified atom stereocenters. The number of amides is 2. The molecular formula is C34H36N6O6. The number of aliphatic hydroxyl groups excluding tert-OH is 1. The number of ether oxygens (including phenoxy) is 2. The molecule has 12 heteroatoms. The molecule has 4 aromatic rings. The number of carbonyl (C=O) groups is 3. The average Bonchev–Trinajstić information content (AvgIpc) is 3.06. The summed E-state index contributed by atoms with van der Waals surface area (Å²) in [5.41, 5.74) is 9.88. The number of anilines is 3. The summed E-state index contributed by atoms with van der Waals surface area (Å²) in [7, 11) is 0. The number of hydrogen-bond acceptors (Lipinski definition) is 10. The number of nitrogens with one attached hydrogen (secondary N) is 1. The number of pyridine rings is 2. The number of nitrogens with zero attached hydrogens (tertiary/aromatic N) is 4. The van der Waals surface area contributed by atoms with Crippen molar-refractivity contribution >= 4 is 45.7 Å². The topological polar surface area (TPSA) is 160 Å². The van der Waals surface area contributed by atoms with E-state index in [1.54, 1.807) is 41.6 Å². The number of piperidine rings is 1. The van der Waals surface area contributed by atoms with Gasteiger partial charge in [-0.2, -0.15) is 0 Å². The van der Waals surface area contributed by atoms with Crippen LogP contribution in [0.5, 0.6) is 0 Å². The van der Waals surface area contributed by atoms with Crippen molar-refractivity contribution < 1.29 is 29.0 Å². The van der Waals surface area contributed by atoms with Crippen LogP contribution in [0, 0.1) is 5.92 Å². The quantitative estimate of drug-likeness (QED) is 0.248. The lowest BCUT2D eigenvalue weighted by atomic mass is 9.92. The van der Waals surface area contributed by atoms with Gasteiger partial charge in [0.25, 0.3) is 5.91 Å². The van der Waals surface area contributed by atoms with E-state index in [1.165, 1.54) is 0 Å². The summed E-state index contributed by atoms with van der Waals surface area (Å²) in [6, 6.07) is 17.7. The minimum absolute atomic E-state index is 0.00371. The van der Waals surface area contributed by atoms with Crippen molar-refractivity contribution in [1.82, 2.24) is 9.97 Å². The molecule has 46 heavy (non-hydrogen) atoms. The Labute approximate surface area is 266 Å².